The van der Waals surface area contributed by atoms with Crippen LogP contribution in [0.3, 0.4) is 0 Å². The Morgan fingerprint density at radius 1 is 1.11 bits per heavy atom. The first-order valence-electron chi connectivity index (χ1n) is 13.3. The van der Waals surface area contributed by atoms with Gasteiger partial charge in [-0.15, -0.1) is 0 Å². The van der Waals surface area contributed by atoms with E-state index in [1.807, 2.05) is 63.2 Å². The molecule has 5 rings (SSSR count). The molecule has 1 unspecified atom stereocenters. The smallest absolute Gasteiger partial charge is 0.420 e. The number of hydrogen-bond acceptors (Lipinski definition) is 6. The van der Waals surface area contributed by atoms with Crippen molar-refractivity contribution >= 4 is 23.2 Å². The van der Waals surface area contributed by atoms with Gasteiger partial charge in [-0.3, -0.25) is 0 Å². The molecule has 2 amide bonds. The highest BCUT2D eigenvalue weighted by atomic mass is 16.6. The third-order valence-electron chi connectivity index (χ3n) is 7.02. The van der Waals surface area contributed by atoms with Crippen LogP contribution in [0.4, 0.5) is 9.59 Å². The zero-order chi connectivity index (χ0) is 26.9. The zero-order valence-electron chi connectivity index (χ0n) is 22.5. The molecule has 1 N–H and O–H groups in total. The Labute approximate surface area is 223 Å². The summed E-state index contributed by atoms with van der Waals surface area (Å²) in [5, 5.41) is 3.00. The number of nitrogens with zero attached hydrogens (tertiary/aromatic N) is 3. The second kappa shape index (κ2) is 10.6. The fourth-order valence-electron chi connectivity index (χ4n) is 5.18. The van der Waals surface area contributed by atoms with E-state index in [4.69, 9.17) is 14.2 Å². The number of fused-ring (bicyclic) bond motifs is 1. The van der Waals surface area contributed by atoms with Crippen LogP contribution in [0.5, 0.6) is 11.5 Å². The summed E-state index contributed by atoms with van der Waals surface area (Å²) in [5.41, 5.74) is 1.71. The Balaban J connectivity index is 1.39. The van der Waals surface area contributed by atoms with Crippen molar-refractivity contribution in [2.75, 3.05) is 20.2 Å². The lowest BCUT2D eigenvalue weighted by atomic mass is 9.96. The molecular weight excluding hydrogens is 484 g/mol. The van der Waals surface area contributed by atoms with Gasteiger partial charge in [0.25, 0.3) is 0 Å². The van der Waals surface area contributed by atoms with Crippen molar-refractivity contribution in [2.45, 2.75) is 70.6 Å². The number of nitrogens with one attached hydrogen (secondary N) is 1. The number of para-hydroxylation sites is 2. The third-order valence-corrected chi connectivity index (χ3v) is 7.02. The minimum atomic E-state index is -0.667. The molecule has 2 aliphatic rings. The van der Waals surface area contributed by atoms with E-state index in [-0.39, 0.29) is 24.6 Å². The highest BCUT2D eigenvalue weighted by Gasteiger charge is 2.31. The van der Waals surface area contributed by atoms with Crippen molar-refractivity contribution in [1.82, 2.24) is 19.8 Å². The molecule has 2 aromatic carbocycles. The number of ether oxygens (including phenoxy) is 3. The molecule has 0 spiro atoms. The van der Waals surface area contributed by atoms with E-state index in [0.717, 1.165) is 24.2 Å². The molecule has 1 aliphatic heterocycles. The minimum absolute atomic E-state index is 0.0314. The number of benzene rings is 2. The predicted molar refractivity (Wildman–Crippen MR) is 144 cm³/mol. The van der Waals surface area contributed by atoms with Gasteiger partial charge >= 0.3 is 12.1 Å². The van der Waals surface area contributed by atoms with Crippen LogP contribution in [-0.4, -0.2) is 58.5 Å². The molecule has 2 heterocycles. The Morgan fingerprint density at radius 3 is 2.61 bits per heavy atom. The summed E-state index contributed by atoms with van der Waals surface area (Å²) in [5.74, 6) is 1.94. The molecule has 1 aliphatic carbocycles. The van der Waals surface area contributed by atoms with Gasteiger partial charge in [0, 0.05) is 19.0 Å². The number of aromatic nitrogens is 2. The Bertz CT molecular complexity index is 1320. The van der Waals surface area contributed by atoms with Crippen LogP contribution >= 0.6 is 0 Å². The molecule has 0 radical (unpaired) electrons. The van der Waals surface area contributed by atoms with Crippen molar-refractivity contribution in [3.63, 3.8) is 0 Å². The first kappa shape index (κ1) is 25.9. The van der Waals surface area contributed by atoms with Crippen molar-refractivity contribution in [2.24, 2.45) is 0 Å². The van der Waals surface area contributed by atoms with Crippen molar-refractivity contribution < 1.29 is 23.8 Å². The van der Waals surface area contributed by atoms with Gasteiger partial charge in [0.05, 0.1) is 30.8 Å². The van der Waals surface area contributed by atoms with Crippen LogP contribution in [0, 0.1) is 0 Å². The summed E-state index contributed by atoms with van der Waals surface area (Å²) >= 11 is 0. The van der Waals surface area contributed by atoms with Gasteiger partial charge in [-0.2, -0.15) is 0 Å². The Kier molecular flexibility index (Phi) is 7.19. The average Bonchev–Trinajstić information content (AvgIpc) is 3.51. The van der Waals surface area contributed by atoms with Crippen LogP contribution in [-0.2, 0) is 11.3 Å². The molecule has 1 saturated heterocycles. The van der Waals surface area contributed by atoms with Crippen LogP contribution in [0.15, 0.2) is 42.5 Å². The summed E-state index contributed by atoms with van der Waals surface area (Å²) in [7, 11) is 1.65. The van der Waals surface area contributed by atoms with Crippen LogP contribution in [0.1, 0.15) is 63.8 Å². The molecule has 202 valence electrons. The molecule has 2 fully saturated rings. The van der Waals surface area contributed by atoms with E-state index >= 15 is 0 Å². The fraction of sp³-hybridized carbons (Fsp3) is 0.483. The van der Waals surface area contributed by atoms with Crippen molar-refractivity contribution in [3.8, 4) is 11.5 Å². The second-order valence-electron chi connectivity index (χ2n) is 11.0. The van der Waals surface area contributed by atoms with E-state index in [9.17, 15) is 9.59 Å². The predicted octanol–water partition coefficient (Wildman–Crippen LogP) is 5.46. The number of methoxy groups -OCH3 is 1. The van der Waals surface area contributed by atoms with Crippen molar-refractivity contribution in [1.29, 1.82) is 0 Å². The molecule has 1 aromatic heterocycles. The zero-order valence-corrected chi connectivity index (χ0v) is 22.5. The minimum Gasteiger partial charge on any atom is -0.493 e. The normalized spacial score (nSPS) is 18.5. The standard InChI is InChI=1S/C29H36N4O5/c1-29(2,3)38-28(35)33-23-12-8-7-11-22(23)31-26(33)18-32-17-20(16-30-27(32)34)19-13-14-24(36-4)25(15-19)37-21-9-5-6-10-21/h7-8,11-15,20-21H,5-6,9-10,16-18H2,1-4H3,(H,30,34). The van der Waals surface area contributed by atoms with E-state index in [2.05, 4.69) is 10.3 Å². The lowest BCUT2D eigenvalue weighted by molar-refractivity contribution is 0.0534. The highest BCUT2D eigenvalue weighted by Crippen LogP contribution is 2.35. The Hall–Kier alpha value is -3.75. The third kappa shape index (κ3) is 5.56. The molecule has 9 heteroatoms. The highest BCUT2D eigenvalue weighted by molar-refractivity contribution is 5.88. The molecular formula is C29H36N4O5. The van der Waals surface area contributed by atoms with E-state index in [0.29, 0.717) is 35.7 Å². The lowest BCUT2D eigenvalue weighted by Gasteiger charge is -2.33. The summed E-state index contributed by atoms with van der Waals surface area (Å²) in [6, 6.07) is 13.2. The summed E-state index contributed by atoms with van der Waals surface area (Å²) in [6.45, 7) is 6.62. The fourth-order valence-corrected chi connectivity index (χ4v) is 5.18. The van der Waals surface area contributed by atoms with Gasteiger partial charge < -0.3 is 24.4 Å². The van der Waals surface area contributed by atoms with Crippen LogP contribution < -0.4 is 14.8 Å². The first-order valence-corrected chi connectivity index (χ1v) is 13.3. The van der Waals surface area contributed by atoms with E-state index < -0.39 is 11.7 Å². The maximum atomic E-state index is 13.2. The molecule has 3 aromatic rings. The number of rotatable bonds is 6. The molecule has 1 saturated carbocycles. The van der Waals surface area contributed by atoms with Crippen molar-refractivity contribution in [3.05, 3.63) is 53.9 Å². The van der Waals surface area contributed by atoms with Gasteiger partial charge in [0.2, 0.25) is 0 Å². The maximum Gasteiger partial charge on any atom is 0.420 e. The van der Waals surface area contributed by atoms with Gasteiger partial charge in [0.15, 0.2) is 11.5 Å². The number of urea groups is 1. The number of carbonyl (C=O) groups excluding carboxylic acids is 2. The van der Waals surface area contributed by atoms with E-state index in [1.165, 1.54) is 17.4 Å². The lowest BCUT2D eigenvalue weighted by Crippen LogP contribution is -2.50. The number of hydrogen-bond donors (Lipinski definition) is 1. The van der Waals surface area contributed by atoms with Gasteiger partial charge in [-0.05, 0) is 76.3 Å². The second-order valence-corrected chi connectivity index (χ2v) is 11.0. The number of amides is 2. The van der Waals surface area contributed by atoms with Gasteiger partial charge in [-0.25, -0.2) is 19.1 Å². The number of imidazole rings is 1. The number of carbonyl (C=O) groups is 2. The first-order chi connectivity index (χ1) is 18.2. The largest absolute Gasteiger partial charge is 0.493 e. The quantitative estimate of drug-likeness (QED) is 0.464. The summed E-state index contributed by atoms with van der Waals surface area (Å²) in [4.78, 5) is 32.5. The maximum absolute atomic E-state index is 13.2. The monoisotopic (exact) mass is 520 g/mol. The van der Waals surface area contributed by atoms with E-state index in [1.54, 1.807) is 12.0 Å². The molecule has 0 bridgehead atoms. The molecule has 9 nitrogen and oxygen atoms in total. The SMILES string of the molecule is COc1ccc(C2CNC(=O)N(Cc3nc4ccccc4n3C(=O)OC(C)(C)C)C2)cc1OC1CCCC1. The summed E-state index contributed by atoms with van der Waals surface area (Å²) in [6.07, 6.45) is 4.18. The Morgan fingerprint density at radius 2 is 1.87 bits per heavy atom. The van der Waals surface area contributed by atoms with Crippen LogP contribution in [0.2, 0.25) is 0 Å². The molecule has 1 atom stereocenters. The van der Waals surface area contributed by atoms with Crippen LogP contribution in [0.25, 0.3) is 11.0 Å². The van der Waals surface area contributed by atoms with Gasteiger partial charge in [-0.1, -0.05) is 18.2 Å². The average molecular weight is 521 g/mol. The van der Waals surface area contributed by atoms with Gasteiger partial charge in [0.1, 0.15) is 11.4 Å². The molecule has 38 heavy (non-hydrogen) atoms. The topological polar surface area (TPSA) is 94.9 Å². The summed E-state index contributed by atoms with van der Waals surface area (Å²) < 4.78 is 19.0.